The van der Waals surface area contributed by atoms with Gasteiger partial charge in [-0.25, -0.2) is 5.14 Å². The van der Waals surface area contributed by atoms with Gasteiger partial charge in [0.15, 0.2) is 0 Å². The van der Waals surface area contributed by atoms with E-state index in [9.17, 15) is 26.4 Å². The second kappa shape index (κ2) is 8.85. The third-order valence-electron chi connectivity index (χ3n) is 5.37. The van der Waals surface area contributed by atoms with Gasteiger partial charge in [0.25, 0.3) is 16.1 Å². The molecule has 1 amide bonds. The molecule has 1 saturated heterocycles. The predicted octanol–water partition coefficient (Wildman–Crippen LogP) is 2.55. The van der Waals surface area contributed by atoms with Crippen molar-refractivity contribution in [1.29, 1.82) is 0 Å². The number of benzene rings is 2. The third kappa shape index (κ3) is 5.75. The Morgan fingerprint density at radius 2 is 1.65 bits per heavy atom. The Balaban J connectivity index is 1.81. The van der Waals surface area contributed by atoms with Gasteiger partial charge in [0, 0.05) is 25.0 Å². The summed E-state index contributed by atoms with van der Waals surface area (Å²) in [4.78, 5) is 12.7. The molecule has 0 unspecified atom stereocenters. The van der Waals surface area contributed by atoms with E-state index in [1.54, 1.807) is 0 Å². The van der Waals surface area contributed by atoms with Crippen molar-refractivity contribution in [2.45, 2.75) is 24.6 Å². The normalized spacial score (nSPS) is 17.2. The van der Waals surface area contributed by atoms with Crippen LogP contribution in [0.25, 0.3) is 0 Å². The lowest BCUT2D eigenvalue weighted by Crippen LogP contribution is -2.51. The van der Waals surface area contributed by atoms with Crippen LogP contribution in [-0.4, -0.2) is 44.6 Å². The zero-order valence-electron chi connectivity index (χ0n) is 16.4. The zero-order chi connectivity index (χ0) is 22.7. The van der Waals surface area contributed by atoms with Crippen LogP contribution in [0.2, 0.25) is 0 Å². The second-order valence-electron chi connectivity index (χ2n) is 7.32. The van der Waals surface area contributed by atoms with E-state index in [0.29, 0.717) is 12.8 Å². The van der Waals surface area contributed by atoms with Gasteiger partial charge in [-0.2, -0.15) is 12.7 Å². The number of nitrogens with zero attached hydrogens (tertiary/aromatic N) is 1. The molecule has 2 aromatic rings. The summed E-state index contributed by atoms with van der Waals surface area (Å²) in [7, 11) is -3.83. The molecule has 7 nitrogen and oxygen atoms in total. The summed E-state index contributed by atoms with van der Waals surface area (Å²) in [6.07, 6.45) is -4.16. The highest BCUT2D eigenvalue weighted by Crippen LogP contribution is 2.36. The molecule has 3 N–H and O–H groups in total. The van der Waals surface area contributed by atoms with Crippen LogP contribution in [0.3, 0.4) is 0 Å². The van der Waals surface area contributed by atoms with Crippen molar-refractivity contribution in [2.24, 2.45) is 5.14 Å². The maximum absolute atomic E-state index is 12.7. The molecule has 0 radical (unpaired) electrons. The number of para-hydroxylation sites is 1. The van der Waals surface area contributed by atoms with Gasteiger partial charge in [-0.15, -0.1) is 13.2 Å². The molecular formula is C20H22F3N3O4S. The van der Waals surface area contributed by atoms with Gasteiger partial charge >= 0.3 is 6.36 Å². The monoisotopic (exact) mass is 457 g/mol. The van der Waals surface area contributed by atoms with Gasteiger partial charge in [0.05, 0.1) is 5.56 Å². The summed E-state index contributed by atoms with van der Waals surface area (Å²) in [6.45, 7) is 0.434. The molecule has 0 atom stereocenters. The lowest BCUT2D eigenvalue weighted by Gasteiger charge is -2.41. The highest BCUT2D eigenvalue weighted by atomic mass is 32.2. The smallest absolute Gasteiger partial charge is 0.405 e. The summed E-state index contributed by atoms with van der Waals surface area (Å²) in [5, 5.41) is 7.93. The minimum Gasteiger partial charge on any atom is -0.405 e. The number of carbonyl (C=O) groups is 1. The number of alkyl halides is 3. The van der Waals surface area contributed by atoms with Crippen LogP contribution < -0.4 is 15.2 Å². The Kier molecular flexibility index (Phi) is 6.58. The summed E-state index contributed by atoms with van der Waals surface area (Å²) in [5.74, 6) is -1.31. The number of rotatable bonds is 6. The number of ether oxygens (including phenoxy) is 1. The van der Waals surface area contributed by atoms with Gasteiger partial charge in [0.2, 0.25) is 0 Å². The van der Waals surface area contributed by atoms with E-state index in [4.69, 9.17) is 5.14 Å². The summed E-state index contributed by atoms with van der Waals surface area (Å²) in [6, 6.07) is 14.3. The number of nitrogens with two attached hydrogens (primary N) is 1. The van der Waals surface area contributed by atoms with Crippen LogP contribution in [-0.2, 0) is 15.6 Å². The third-order valence-corrected chi connectivity index (χ3v) is 6.46. The van der Waals surface area contributed by atoms with Gasteiger partial charge in [-0.3, -0.25) is 4.79 Å². The number of hydrogen-bond acceptors (Lipinski definition) is 4. The first-order valence-corrected chi connectivity index (χ1v) is 11.0. The molecule has 168 valence electrons. The molecule has 1 fully saturated rings. The average Bonchev–Trinajstić information content (AvgIpc) is 2.71. The van der Waals surface area contributed by atoms with E-state index in [2.05, 4.69) is 10.1 Å². The Morgan fingerprint density at radius 3 is 2.23 bits per heavy atom. The topological polar surface area (TPSA) is 102 Å². The van der Waals surface area contributed by atoms with E-state index in [-0.39, 0.29) is 25.2 Å². The summed E-state index contributed by atoms with van der Waals surface area (Å²) in [5.41, 5.74) is 0.0481. The molecule has 0 aliphatic carbocycles. The fourth-order valence-corrected chi connectivity index (χ4v) is 4.43. The Labute approximate surface area is 178 Å². The zero-order valence-corrected chi connectivity index (χ0v) is 17.2. The Morgan fingerprint density at radius 1 is 1.06 bits per heavy atom. The van der Waals surface area contributed by atoms with Crippen molar-refractivity contribution >= 4 is 16.1 Å². The van der Waals surface area contributed by atoms with Gasteiger partial charge in [-0.1, -0.05) is 42.5 Å². The molecule has 0 bridgehead atoms. The average molecular weight is 457 g/mol. The van der Waals surface area contributed by atoms with Crippen molar-refractivity contribution in [2.75, 3.05) is 19.6 Å². The molecule has 31 heavy (non-hydrogen) atoms. The minimum atomic E-state index is -4.93. The maximum atomic E-state index is 12.7. The van der Waals surface area contributed by atoms with E-state index in [1.807, 2.05) is 30.3 Å². The number of halogens is 3. The van der Waals surface area contributed by atoms with Crippen LogP contribution in [0.15, 0.2) is 54.6 Å². The molecule has 1 aliphatic rings. The summed E-state index contributed by atoms with van der Waals surface area (Å²) >= 11 is 0. The molecule has 0 spiro atoms. The minimum absolute atomic E-state index is 0.106. The van der Waals surface area contributed by atoms with Crippen LogP contribution in [0.1, 0.15) is 28.8 Å². The molecular weight excluding hydrogens is 435 g/mol. The van der Waals surface area contributed by atoms with Gasteiger partial charge in [-0.05, 0) is 30.5 Å². The number of hydrogen-bond donors (Lipinski definition) is 2. The van der Waals surface area contributed by atoms with Gasteiger partial charge in [0.1, 0.15) is 5.75 Å². The Hall–Kier alpha value is -2.63. The van der Waals surface area contributed by atoms with Crippen molar-refractivity contribution < 1.29 is 31.1 Å². The van der Waals surface area contributed by atoms with Crippen molar-refractivity contribution in [3.63, 3.8) is 0 Å². The molecule has 1 heterocycles. The molecule has 1 aliphatic heterocycles. The molecule has 0 saturated carbocycles. The van der Waals surface area contributed by atoms with Crippen molar-refractivity contribution in [3.05, 3.63) is 65.7 Å². The SMILES string of the molecule is NS(=O)(=O)N1CCC(CNC(=O)c2ccccc2OC(F)(F)F)(c2ccccc2)CC1. The standard InChI is InChI=1S/C20H22F3N3O4S/c21-20(22,23)30-17-9-5-4-8-16(17)18(27)25-14-19(15-6-2-1-3-7-15)10-12-26(13-11-19)31(24,28)29/h1-9H,10-14H2,(H,25,27)(H2,24,28,29). The summed E-state index contributed by atoms with van der Waals surface area (Å²) < 4.78 is 66.4. The van der Waals surface area contributed by atoms with E-state index in [1.165, 1.54) is 22.5 Å². The van der Waals surface area contributed by atoms with Gasteiger partial charge < -0.3 is 10.1 Å². The number of nitrogens with one attached hydrogen (secondary N) is 1. The van der Waals surface area contributed by atoms with Crippen LogP contribution in [0.4, 0.5) is 13.2 Å². The number of amides is 1. The fourth-order valence-electron chi connectivity index (χ4n) is 3.74. The second-order valence-corrected chi connectivity index (χ2v) is 8.86. The largest absolute Gasteiger partial charge is 0.573 e. The molecule has 2 aromatic carbocycles. The lowest BCUT2D eigenvalue weighted by molar-refractivity contribution is -0.274. The first-order valence-electron chi connectivity index (χ1n) is 9.47. The van der Waals surface area contributed by atoms with E-state index < -0.39 is 33.6 Å². The maximum Gasteiger partial charge on any atom is 0.573 e. The molecule has 3 rings (SSSR count). The highest BCUT2D eigenvalue weighted by Gasteiger charge is 2.39. The first-order chi connectivity index (χ1) is 14.5. The van der Waals surface area contributed by atoms with E-state index >= 15 is 0 Å². The lowest BCUT2D eigenvalue weighted by atomic mass is 9.73. The number of carbonyl (C=O) groups excluding carboxylic acids is 1. The van der Waals surface area contributed by atoms with Crippen LogP contribution in [0.5, 0.6) is 5.75 Å². The predicted molar refractivity (Wildman–Crippen MR) is 107 cm³/mol. The van der Waals surface area contributed by atoms with Crippen molar-refractivity contribution in [1.82, 2.24) is 9.62 Å². The first kappa shape index (κ1) is 23.0. The highest BCUT2D eigenvalue weighted by molar-refractivity contribution is 7.86. The van der Waals surface area contributed by atoms with Crippen molar-refractivity contribution in [3.8, 4) is 5.75 Å². The Bertz CT molecular complexity index is 1020. The molecule has 0 aromatic heterocycles. The molecule has 11 heteroatoms. The fraction of sp³-hybridized carbons (Fsp3) is 0.350. The quantitative estimate of drug-likeness (QED) is 0.696. The van der Waals surface area contributed by atoms with E-state index in [0.717, 1.165) is 11.6 Å². The number of piperidine rings is 1. The van der Waals surface area contributed by atoms with Crippen LogP contribution in [0, 0.1) is 0 Å². The van der Waals surface area contributed by atoms with Crippen LogP contribution >= 0.6 is 0 Å².